The van der Waals surface area contributed by atoms with Crippen LogP contribution in [0.3, 0.4) is 0 Å². The zero-order valence-electron chi connectivity index (χ0n) is 24.4. The summed E-state index contributed by atoms with van der Waals surface area (Å²) in [4.78, 5) is 6.75. The molecule has 0 bridgehead atoms. The number of methoxy groups -OCH3 is 1. The Labute approximate surface area is 234 Å². The van der Waals surface area contributed by atoms with Gasteiger partial charge >= 0.3 is 0 Å². The van der Waals surface area contributed by atoms with Crippen molar-refractivity contribution in [2.75, 3.05) is 64.7 Å². The number of nitrogens with zero attached hydrogens (tertiary/aromatic N) is 3. The minimum atomic E-state index is 0.306. The van der Waals surface area contributed by atoms with E-state index >= 15 is 0 Å². The summed E-state index contributed by atoms with van der Waals surface area (Å²) in [5, 5.41) is 12.2. The van der Waals surface area contributed by atoms with E-state index < -0.39 is 0 Å². The fourth-order valence-electron chi connectivity index (χ4n) is 4.31. The van der Waals surface area contributed by atoms with Gasteiger partial charge in [-0.25, -0.2) is 4.98 Å². The fourth-order valence-corrected chi connectivity index (χ4v) is 4.31. The molecular weight excluding hydrogens is 490 g/mol. The van der Waals surface area contributed by atoms with E-state index in [0.29, 0.717) is 51.1 Å². The molecule has 0 radical (unpaired) electrons. The van der Waals surface area contributed by atoms with Crippen LogP contribution in [0.1, 0.15) is 52.5 Å². The molecule has 7 heteroatoms. The van der Waals surface area contributed by atoms with E-state index in [0.717, 1.165) is 29.6 Å². The molecule has 0 amide bonds. The lowest BCUT2D eigenvalue weighted by molar-refractivity contribution is 0.0176. The molecule has 0 spiro atoms. The summed E-state index contributed by atoms with van der Waals surface area (Å²) in [6.07, 6.45) is 5.52. The van der Waals surface area contributed by atoms with Gasteiger partial charge in [0.25, 0.3) is 0 Å². The molecule has 0 atom stereocenters. The molecule has 1 aliphatic rings. The van der Waals surface area contributed by atoms with Crippen LogP contribution >= 0.6 is 0 Å². The van der Waals surface area contributed by atoms with Crippen LogP contribution in [-0.2, 0) is 14.2 Å². The largest absolute Gasteiger partial charge is 0.474 e. The maximum absolute atomic E-state index is 9.86. The highest BCUT2D eigenvalue weighted by Crippen LogP contribution is 2.32. The van der Waals surface area contributed by atoms with Gasteiger partial charge in [0.2, 0.25) is 5.88 Å². The van der Waals surface area contributed by atoms with Gasteiger partial charge in [0.15, 0.2) is 0 Å². The standard InChI is InChI=1S/C28H33N3O4.2C2H6/c1-32-13-14-33-15-16-34-17-18-35-28-27(21-29)26(9-10-30-28)24-6-5-23-20-25(8-7-22(23)19-24)31-11-3-2-4-12-31;2*1-2/h5-10,19-20H,2-4,11-18H2,1H3;2*1-2H3. The Morgan fingerprint density at radius 3 is 2.13 bits per heavy atom. The van der Waals surface area contributed by atoms with E-state index in [-0.39, 0.29) is 0 Å². The summed E-state index contributed by atoms with van der Waals surface area (Å²) >= 11 is 0. The molecule has 1 aromatic heterocycles. The van der Waals surface area contributed by atoms with Gasteiger partial charge in [-0.15, -0.1) is 0 Å². The number of anilines is 1. The SMILES string of the molecule is CC.CC.COCCOCCOCCOc1nccc(-c2ccc3cc(N4CCCCC4)ccc3c2)c1C#N. The van der Waals surface area contributed by atoms with Crippen molar-refractivity contribution in [3.63, 3.8) is 0 Å². The smallest absolute Gasteiger partial charge is 0.232 e. The molecule has 1 saturated heterocycles. The van der Waals surface area contributed by atoms with E-state index in [9.17, 15) is 5.26 Å². The molecule has 1 fully saturated rings. The van der Waals surface area contributed by atoms with Crippen molar-refractivity contribution in [1.29, 1.82) is 5.26 Å². The summed E-state index contributed by atoms with van der Waals surface area (Å²) < 4.78 is 21.6. The number of rotatable bonds is 12. The first-order valence-corrected chi connectivity index (χ1v) is 14.3. The molecule has 2 heterocycles. The molecule has 0 N–H and O–H groups in total. The molecule has 3 aromatic rings. The second kappa shape index (κ2) is 19.0. The minimum Gasteiger partial charge on any atom is -0.474 e. The molecule has 39 heavy (non-hydrogen) atoms. The quantitative estimate of drug-likeness (QED) is 0.234. The molecule has 0 unspecified atom stereocenters. The number of hydrogen-bond donors (Lipinski definition) is 0. The van der Waals surface area contributed by atoms with E-state index in [2.05, 4.69) is 52.4 Å². The van der Waals surface area contributed by atoms with Crippen molar-refractivity contribution >= 4 is 16.5 Å². The van der Waals surface area contributed by atoms with Gasteiger partial charge in [-0.2, -0.15) is 5.26 Å². The van der Waals surface area contributed by atoms with Crippen molar-refractivity contribution in [3.8, 4) is 23.1 Å². The van der Waals surface area contributed by atoms with Crippen molar-refractivity contribution < 1.29 is 18.9 Å². The zero-order chi connectivity index (χ0) is 28.3. The van der Waals surface area contributed by atoms with Gasteiger partial charge < -0.3 is 23.8 Å². The van der Waals surface area contributed by atoms with Crippen LogP contribution < -0.4 is 9.64 Å². The Hall–Kier alpha value is -3.18. The highest BCUT2D eigenvalue weighted by atomic mass is 16.6. The van der Waals surface area contributed by atoms with Gasteiger partial charge in [-0.3, -0.25) is 0 Å². The summed E-state index contributed by atoms with van der Waals surface area (Å²) in [5.74, 6) is 0.325. The average molecular weight is 536 g/mol. The first kappa shape index (κ1) is 32.0. The summed E-state index contributed by atoms with van der Waals surface area (Å²) in [6, 6.07) is 17.1. The Bertz CT molecular complexity index is 1140. The number of benzene rings is 2. The monoisotopic (exact) mass is 535 g/mol. The Kier molecular flexibility index (Phi) is 15.6. The maximum atomic E-state index is 9.86. The first-order chi connectivity index (χ1) is 19.3. The summed E-state index contributed by atoms with van der Waals surface area (Å²) in [6.45, 7) is 13.0. The number of pyridine rings is 1. The van der Waals surface area contributed by atoms with E-state index in [4.69, 9.17) is 18.9 Å². The van der Waals surface area contributed by atoms with Crippen molar-refractivity contribution in [3.05, 3.63) is 54.2 Å². The summed E-state index contributed by atoms with van der Waals surface area (Å²) in [7, 11) is 1.64. The van der Waals surface area contributed by atoms with E-state index in [1.54, 1.807) is 13.3 Å². The lowest BCUT2D eigenvalue weighted by Gasteiger charge is -2.29. The second-order valence-electron chi connectivity index (χ2n) is 8.51. The Balaban J connectivity index is 0.00000127. The van der Waals surface area contributed by atoms with Gasteiger partial charge in [0.1, 0.15) is 18.2 Å². The number of ether oxygens (including phenoxy) is 4. The van der Waals surface area contributed by atoms with Crippen LogP contribution in [0.15, 0.2) is 48.7 Å². The van der Waals surface area contributed by atoms with Crippen LogP contribution in [0.5, 0.6) is 5.88 Å². The summed E-state index contributed by atoms with van der Waals surface area (Å²) in [5.41, 5.74) is 3.49. The Morgan fingerprint density at radius 1 is 0.795 bits per heavy atom. The van der Waals surface area contributed by atoms with Gasteiger partial charge in [-0.05, 0) is 59.9 Å². The third kappa shape index (κ3) is 9.81. The normalized spacial score (nSPS) is 12.6. The van der Waals surface area contributed by atoms with Crippen LogP contribution in [0, 0.1) is 11.3 Å². The highest BCUT2D eigenvalue weighted by molar-refractivity contribution is 5.90. The van der Waals surface area contributed by atoms with Crippen molar-refractivity contribution in [2.45, 2.75) is 47.0 Å². The number of fused-ring (bicyclic) bond motifs is 1. The molecule has 0 saturated carbocycles. The zero-order valence-corrected chi connectivity index (χ0v) is 24.4. The number of piperidine rings is 1. The predicted molar refractivity (Wildman–Crippen MR) is 160 cm³/mol. The van der Waals surface area contributed by atoms with Crippen LogP contribution in [0.4, 0.5) is 5.69 Å². The lowest BCUT2D eigenvalue weighted by Crippen LogP contribution is -2.29. The molecule has 2 aromatic carbocycles. The van der Waals surface area contributed by atoms with E-state index in [1.165, 1.54) is 30.3 Å². The number of nitriles is 1. The highest BCUT2D eigenvalue weighted by Gasteiger charge is 2.14. The van der Waals surface area contributed by atoms with Crippen LogP contribution in [0.2, 0.25) is 0 Å². The maximum Gasteiger partial charge on any atom is 0.232 e. The molecule has 0 aliphatic carbocycles. The number of aromatic nitrogens is 1. The molecule has 7 nitrogen and oxygen atoms in total. The van der Waals surface area contributed by atoms with Crippen LogP contribution in [0.25, 0.3) is 21.9 Å². The van der Waals surface area contributed by atoms with Gasteiger partial charge in [0.05, 0.1) is 33.0 Å². The third-order valence-corrected chi connectivity index (χ3v) is 6.15. The fraction of sp³-hybridized carbons (Fsp3) is 0.500. The number of hydrogen-bond acceptors (Lipinski definition) is 7. The lowest BCUT2D eigenvalue weighted by atomic mass is 9.98. The minimum absolute atomic E-state index is 0.306. The van der Waals surface area contributed by atoms with E-state index in [1.807, 2.05) is 33.8 Å². The topological polar surface area (TPSA) is 76.8 Å². The average Bonchev–Trinajstić information content (AvgIpc) is 3.02. The first-order valence-electron chi connectivity index (χ1n) is 14.3. The molecule has 212 valence electrons. The third-order valence-electron chi connectivity index (χ3n) is 6.15. The predicted octanol–water partition coefficient (Wildman–Crippen LogP) is 6.87. The van der Waals surface area contributed by atoms with Gasteiger partial charge in [-0.1, -0.05) is 45.9 Å². The molecule has 4 rings (SSSR count). The second-order valence-corrected chi connectivity index (χ2v) is 8.51. The van der Waals surface area contributed by atoms with Crippen molar-refractivity contribution in [2.24, 2.45) is 0 Å². The van der Waals surface area contributed by atoms with Crippen molar-refractivity contribution in [1.82, 2.24) is 4.98 Å². The van der Waals surface area contributed by atoms with Gasteiger partial charge in [0, 0.05) is 37.6 Å². The van der Waals surface area contributed by atoms with Crippen LogP contribution in [-0.4, -0.2) is 64.8 Å². The molecular formula is C32H45N3O4. The Morgan fingerprint density at radius 2 is 1.44 bits per heavy atom. The molecule has 1 aliphatic heterocycles.